The van der Waals surface area contributed by atoms with Gasteiger partial charge in [-0.1, -0.05) is 6.07 Å². The number of nitrogens with zero attached hydrogens (tertiary/aromatic N) is 2. The summed E-state index contributed by atoms with van der Waals surface area (Å²) >= 11 is 2.65. The van der Waals surface area contributed by atoms with E-state index in [1.807, 2.05) is 25.1 Å². The molecule has 174 valence electrons. The Kier molecular flexibility index (Phi) is 7.64. The predicted molar refractivity (Wildman–Crippen MR) is 130 cm³/mol. The van der Waals surface area contributed by atoms with E-state index >= 15 is 0 Å². The molecule has 3 aromatic heterocycles. The highest BCUT2D eigenvalue weighted by Crippen LogP contribution is 2.34. The van der Waals surface area contributed by atoms with Gasteiger partial charge < -0.3 is 20.5 Å². The van der Waals surface area contributed by atoms with E-state index < -0.39 is 5.97 Å². The molecule has 4 N–H and O–H groups in total. The number of aromatic nitrogens is 3. The molecule has 0 saturated carbocycles. The highest BCUT2D eigenvalue weighted by Gasteiger charge is 2.19. The number of halogens is 1. The standard InChI is InChI=1S/C11H9N3O3S2.C9H10N2O2.ClH/c1-3-17-11(16)8-12-6-5-4(2)19-14-10(5)18-7(6)9(15)13-8;10-4-6-1-2-8-7(3-6)11-9(12)5-13-8;/h3H2,1-2H3,(H,12,13,15);1-3H,4-5,10H2,(H,11,12);1H. The third kappa shape index (κ3) is 4.98. The molecule has 1 aromatic carbocycles. The molecule has 1 aliphatic rings. The average molecular weight is 510 g/mol. The fraction of sp³-hybridized carbons (Fsp3) is 0.250. The van der Waals surface area contributed by atoms with Crippen LogP contribution in [0.4, 0.5) is 5.69 Å². The Bertz CT molecular complexity index is 1400. The molecular formula is C20H20ClN5O5S2. The number of aryl methyl sites for hydroxylation is 1. The van der Waals surface area contributed by atoms with Crippen LogP contribution >= 0.6 is 35.3 Å². The summed E-state index contributed by atoms with van der Waals surface area (Å²) in [6, 6.07) is 5.53. The van der Waals surface area contributed by atoms with Crippen LogP contribution in [-0.2, 0) is 16.1 Å². The van der Waals surface area contributed by atoms with E-state index in [4.69, 9.17) is 15.2 Å². The zero-order valence-corrected chi connectivity index (χ0v) is 20.0. The third-order valence-electron chi connectivity index (χ3n) is 4.53. The van der Waals surface area contributed by atoms with Crippen molar-refractivity contribution >= 4 is 73.3 Å². The van der Waals surface area contributed by atoms with Crippen molar-refractivity contribution in [3.05, 3.63) is 44.8 Å². The van der Waals surface area contributed by atoms with E-state index in [-0.39, 0.29) is 42.9 Å². The smallest absolute Gasteiger partial charge is 0.374 e. The fourth-order valence-corrected chi connectivity index (χ4v) is 4.92. The van der Waals surface area contributed by atoms with Crippen LogP contribution < -0.4 is 21.3 Å². The number of ether oxygens (including phenoxy) is 2. The van der Waals surface area contributed by atoms with E-state index in [2.05, 4.69) is 19.7 Å². The number of aromatic amines is 1. The number of rotatable bonds is 3. The topological polar surface area (TPSA) is 149 Å². The van der Waals surface area contributed by atoms with Crippen molar-refractivity contribution in [3.8, 4) is 5.75 Å². The van der Waals surface area contributed by atoms with Crippen LogP contribution in [0.25, 0.3) is 20.4 Å². The van der Waals surface area contributed by atoms with Crippen molar-refractivity contribution in [1.29, 1.82) is 0 Å². The van der Waals surface area contributed by atoms with Gasteiger partial charge in [-0.2, -0.15) is 4.37 Å². The molecule has 0 atom stereocenters. The molecular weight excluding hydrogens is 490 g/mol. The Hall–Kier alpha value is -3.06. The fourth-order valence-electron chi connectivity index (χ4n) is 3.07. The number of anilines is 1. The molecule has 13 heteroatoms. The summed E-state index contributed by atoms with van der Waals surface area (Å²) in [7, 11) is 0. The number of nitrogens with one attached hydrogen (secondary N) is 2. The van der Waals surface area contributed by atoms with Crippen LogP contribution in [0.5, 0.6) is 5.75 Å². The summed E-state index contributed by atoms with van der Waals surface area (Å²) in [5, 5.41) is 3.56. The van der Waals surface area contributed by atoms with Crippen molar-refractivity contribution in [1.82, 2.24) is 14.3 Å². The number of H-pyrrole nitrogens is 1. The second-order valence-electron chi connectivity index (χ2n) is 6.71. The maximum atomic E-state index is 12.0. The second kappa shape index (κ2) is 10.3. The van der Waals surface area contributed by atoms with Gasteiger partial charge in [0.25, 0.3) is 11.5 Å². The van der Waals surface area contributed by atoms with Gasteiger partial charge in [0.2, 0.25) is 5.82 Å². The minimum atomic E-state index is -0.623. The quantitative estimate of drug-likeness (QED) is 0.357. The van der Waals surface area contributed by atoms with E-state index in [1.165, 1.54) is 22.9 Å². The van der Waals surface area contributed by atoms with E-state index in [9.17, 15) is 14.4 Å². The van der Waals surface area contributed by atoms with Crippen molar-refractivity contribution in [2.45, 2.75) is 20.4 Å². The lowest BCUT2D eigenvalue weighted by atomic mass is 10.1. The molecule has 4 heterocycles. The molecule has 0 bridgehead atoms. The monoisotopic (exact) mass is 509 g/mol. The van der Waals surface area contributed by atoms with Gasteiger partial charge >= 0.3 is 5.97 Å². The number of carbonyl (C=O) groups is 2. The first-order valence-electron chi connectivity index (χ1n) is 9.62. The summed E-state index contributed by atoms with van der Waals surface area (Å²) in [6.45, 7) is 4.40. The van der Waals surface area contributed by atoms with Crippen molar-refractivity contribution < 1.29 is 19.1 Å². The Balaban J connectivity index is 0.000000192. The molecule has 0 aliphatic carbocycles. The molecule has 0 spiro atoms. The van der Waals surface area contributed by atoms with Gasteiger partial charge in [0.05, 0.1) is 17.7 Å². The molecule has 5 rings (SSSR count). The Labute approximate surface area is 201 Å². The zero-order chi connectivity index (χ0) is 22.8. The van der Waals surface area contributed by atoms with Crippen molar-refractivity contribution in [3.63, 3.8) is 0 Å². The van der Waals surface area contributed by atoms with E-state index in [0.29, 0.717) is 28.2 Å². The molecule has 4 aromatic rings. The summed E-state index contributed by atoms with van der Waals surface area (Å²) in [6.07, 6.45) is 0. The highest BCUT2D eigenvalue weighted by atomic mass is 35.5. The van der Waals surface area contributed by atoms with Gasteiger partial charge in [0.15, 0.2) is 6.61 Å². The minimum absolute atomic E-state index is 0. The number of thiophene rings is 1. The van der Waals surface area contributed by atoms with Gasteiger partial charge in [0, 0.05) is 11.4 Å². The predicted octanol–water partition coefficient (Wildman–Crippen LogP) is 2.98. The lowest BCUT2D eigenvalue weighted by molar-refractivity contribution is -0.118. The number of nitrogens with two attached hydrogens (primary N) is 1. The van der Waals surface area contributed by atoms with Gasteiger partial charge in [0.1, 0.15) is 20.8 Å². The molecule has 0 unspecified atom stereocenters. The molecule has 0 saturated heterocycles. The highest BCUT2D eigenvalue weighted by molar-refractivity contribution is 7.27. The Morgan fingerprint density at radius 2 is 2.12 bits per heavy atom. The maximum Gasteiger partial charge on any atom is 0.374 e. The molecule has 0 fully saturated rings. The summed E-state index contributed by atoms with van der Waals surface area (Å²) in [5.41, 5.74) is 7.34. The third-order valence-corrected chi connectivity index (χ3v) is 6.46. The minimum Gasteiger partial charge on any atom is -0.482 e. The molecule has 1 amide bonds. The number of fused-ring (bicyclic) bond motifs is 4. The van der Waals surface area contributed by atoms with Crippen LogP contribution in [-0.4, -0.2) is 39.4 Å². The first-order chi connectivity index (χ1) is 15.4. The van der Waals surface area contributed by atoms with Crippen LogP contribution in [0.3, 0.4) is 0 Å². The average Bonchev–Trinajstić information content (AvgIpc) is 3.34. The molecule has 0 radical (unpaired) electrons. The number of esters is 1. The van der Waals surface area contributed by atoms with Gasteiger partial charge in [-0.05, 0) is 43.1 Å². The molecule has 33 heavy (non-hydrogen) atoms. The number of amides is 1. The molecule has 10 nitrogen and oxygen atoms in total. The van der Waals surface area contributed by atoms with Gasteiger partial charge in [-0.25, -0.2) is 9.78 Å². The van der Waals surface area contributed by atoms with Crippen LogP contribution in [0.15, 0.2) is 23.0 Å². The number of carbonyl (C=O) groups excluding carboxylic acids is 2. The number of hydrogen-bond acceptors (Lipinski definition) is 10. The Morgan fingerprint density at radius 1 is 1.33 bits per heavy atom. The lowest BCUT2D eigenvalue weighted by Crippen LogP contribution is -2.25. The summed E-state index contributed by atoms with van der Waals surface area (Å²) in [5.74, 6) is -0.107. The number of hydrogen-bond donors (Lipinski definition) is 3. The van der Waals surface area contributed by atoms with Crippen LogP contribution in [0.2, 0.25) is 0 Å². The SMILES string of the molecule is CCOC(=O)c1nc2c(sc3nsc(C)c32)c(=O)[nH]1.Cl.NCc1ccc2c(c1)NC(=O)CO2. The Morgan fingerprint density at radius 3 is 2.85 bits per heavy atom. The van der Waals surface area contributed by atoms with Crippen LogP contribution in [0, 0.1) is 6.92 Å². The van der Waals surface area contributed by atoms with Crippen LogP contribution in [0.1, 0.15) is 28.0 Å². The van der Waals surface area contributed by atoms with Crippen molar-refractivity contribution in [2.24, 2.45) is 5.73 Å². The lowest BCUT2D eigenvalue weighted by Gasteiger charge is -2.18. The number of benzene rings is 1. The van der Waals surface area contributed by atoms with Gasteiger partial charge in [-0.3, -0.25) is 14.6 Å². The maximum absolute atomic E-state index is 12.0. The van der Waals surface area contributed by atoms with E-state index in [0.717, 1.165) is 20.7 Å². The second-order valence-corrected chi connectivity index (χ2v) is 8.68. The van der Waals surface area contributed by atoms with Crippen molar-refractivity contribution in [2.75, 3.05) is 18.5 Å². The molecule has 1 aliphatic heterocycles. The summed E-state index contributed by atoms with van der Waals surface area (Å²) < 4.78 is 14.8. The summed E-state index contributed by atoms with van der Waals surface area (Å²) in [4.78, 5) is 43.0. The van der Waals surface area contributed by atoms with E-state index in [1.54, 1.807) is 6.92 Å². The van der Waals surface area contributed by atoms with Gasteiger partial charge in [-0.15, -0.1) is 23.7 Å². The first-order valence-corrected chi connectivity index (χ1v) is 11.2. The zero-order valence-electron chi connectivity index (χ0n) is 17.6. The largest absolute Gasteiger partial charge is 0.482 e. The first kappa shape index (κ1) is 24.6. The normalized spacial score (nSPS) is 12.2.